The predicted molar refractivity (Wildman–Crippen MR) is 184 cm³/mol. The number of nitrogens with one attached hydrogen (secondary N) is 1. The molecule has 1 N–H and O–H groups in total. The number of hydrogen-bond acceptors (Lipinski definition) is 0. The Labute approximate surface area is 253 Å². The predicted octanol–water partition coefficient (Wildman–Crippen LogP) is 10.3. The molecule has 43 heavy (non-hydrogen) atoms. The normalized spacial score (nSPS) is 11.0. The lowest BCUT2D eigenvalue weighted by Crippen LogP contribution is -1.83. The van der Waals surface area contributed by atoms with Crippen LogP contribution in [0.3, 0.4) is 0 Å². The van der Waals surface area contributed by atoms with Crippen molar-refractivity contribution in [2.45, 2.75) is 39.5 Å². The van der Waals surface area contributed by atoms with Crippen LogP contribution in [0.5, 0.6) is 0 Å². The third-order valence-corrected chi connectivity index (χ3v) is 8.27. The SMILES string of the molecule is CCCc1ccc(C#Cc2ccc3c(ccc4c5ccc6cc(C#Cc7ccc(CCC)cc7)ccc6c5[nH]c34)c2)cc1. The molecule has 0 fully saturated rings. The minimum absolute atomic E-state index is 1.02. The van der Waals surface area contributed by atoms with E-state index in [1.807, 2.05) is 0 Å². The molecule has 7 rings (SSSR count). The van der Waals surface area contributed by atoms with Crippen LogP contribution >= 0.6 is 0 Å². The zero-order valence-electron chi connectivity index (χ0n) is 24.7. The highest BCUT2D eigenvalue weighted by Gasteiger charge is 2.11. The minimum atomic E-state index is 1.02. The van der Waals surface area contributed by atoms with Crippen molar-refractivity contribution in [3.05, 3.63) is 143 Å². The van der Waals surface area contributed by atoms with Crippen molar-refractivity contribution in [3.8, 4) is 23.7 Å². The largest absolute Gasteiger partial charge is 0.353 e. The van der Waals surface area contributed by atoms with Crippen molar-refractivity contribution in [3.63, 3.8) is 0 Å². The first kappa shape index (κ1) is 26.6. The van der Waals surface area contributed by atoms with Gasteiger partial charge in [-0.25, -0.2) is 0 Å². The number of benzene rings is 6. The molecule has 1 heteroatoms. The molecule has 1 heterocycles. The Morgan fingerprint density at radius 2 is 0.791 bits per heavy atom. The van der Waals surface area contributed by atoms with Crippen LogP contribution in [0.15, 0.2) is 109 Å². The Kier molecular flexibility index (Phi) is 7.17. The van der Waals surface area contributed by atoms with Gasteiger partial charge < -0.3 is 4.98 Å². The van der Waals surface area contributed by atoms with Crippen molar-refractivity contribution < 1.29 is 0 Å². The second-order valence-electron chi connectivity index (χ2n) is 11.4. The molecular formula is C42H33N. The summed E-state index contributed by atoms with van der Waals surface area (Å²) in [6.45, 7) is 4.42. The van der Waals surface area contributed by atoms with E-state index in [4.69, 9.17) is 0 Å². The fourth-order valence-electron chi connectivity index (χ4n) is 6.03. The zero-order valence-corrected chi connectivity index (χ0v) is 24.7. The lowest BCUT2D eigenvalue weighted by Gasteiger charge is -2.01. The summed E-state index contributed by atoms with van der Waals surface area (Å²) in [7, 11) is 0. The van der Waals surface area contributed by atoms with Gasteiger partial charge in [0.2, 0.25) is 0 Å². The van der Waals surface area contributed by atoms with Gasteiger partial charge in [0, 0.05) is 43.8 Å². The van der Waals surface area contributed by atoms with Gasteiger partial charge in [0.25, 0.3) is 0 Å². The molecule has 0 aliphatic heterocycles. The summed E-state index contributed by atoms with van der Waals surface area (Å²) >= 11 is 0. The number of H-pyrrole nitrogens is 1. The number of fused-ring (bicyclic) bond motifs is 7. The molecule has 1 aromatic heterocycles. The van der Waals surface area contributed by atoms with Gasteiger partial charge in [-0.15, -0.1) is 0 Å². The highest BCUT2D eigenvalue weighted by molar-refractivity contribution is 6.22. The van der Waals surface area contributed by atoms with Gasteiger partial charge in [0.05, 0.1) is 11.0 Å². The van der Waals surface area contributed by atoms with E-state index in [9.17, 15) is 0 Å². The molecule has 206 valence electrons. The maximum absolute atomic E-state index is 3.78. The van der Waals surface area contributed by atoms with E-state index in [2.05, 4.69) is 152 Å². The van der Waals surface area contributed by atoms with Gasteiger partial charge in [-0.1, -0.05) is 111 Å². The van der Waals surface area contributed by atoms with E-state index in [-0.39, 0.29) is 0 Å². The third kappa shape index (κ3) is 5.39. The minimum Gasteiger partial charge on any atom is -0.353 e. The maximum Gasteiger partial charge on any atom is 0.0544 e. The number of hydrogen-bond donors (Lipinski definition) is 1. The lowest BCUT2D eigenvalue weighted by molar-refractivity contribution is 0.922. The summed E-state index contributed by atoms with van der Waals surface area (Å²) in [5.74, 6) is 13.4. The van der Waals surface area contributed by atoms with Crippen LogP contribution < -0.4 is 0 Å². The number of aromatic nitrogens is 1. The van der Waals surface area contributed by atoms with Crippen LogP contribution in [0.1, 0.15) is 60.1 Å². The van der Waals surface area contributed by atoms with Crippen molar-refractivity contribution in [1.29, 1.82) is 0 Å². The number of rotatable bonds is 4. The summed E-state index contributed by atoms with van der Waals surface area (Å²) in [6, 6.07) is 39.2. The highest BCUT2D eigenvalue weighted by atomic mass is 14.7. The summed E-state index contributed by atoms with van der Waals surface area (Å²) in [4.78, 5) is 3.78. The zero-order chi connectivity index (χ0) is 29.2. The first-order valence-electron chi connectivity index (χ1n) is 15.3. The summed E-state index contributed by atoms with van der Waals surface area (Å²) < 4.78 is 0. The van der Waals surface area contributed by atoms with Gasteiger partial charge >= 0.3 is 0 Å². The monoisotopic (exact) mass is 551 g/mol. The Morgan fingerprint density at radius 3 is 1.21 bits per heavy atom. The van der Waals surface area contributed by atoms with Crippen LogP contribution in [-0.2, 0) is 12.8 Å². The van der Waals surface area contributed by atoms with Gasteiger partial charge in [-0.3, -0.25) is 0 Å². The molecule has 0 amide bonds. The highest BCUT2D eigenvalue weighted by Crippen LogP contribution is 2.35. The summed E-state index contributed by atoms with van der Waals surface area (Å²) in [6.07, 6.45) is 4.54. The van der Waals surface area contributed by atoms with Crippen molar-refractivity contribution in [2.24, 2.45) is 0 Å². The summed E-state index contributed by atoms with van der Waals surface area (Å²) in [5, 5.41) is 7.28. The van der Waals surface area contributed by atoms with Gasteiger partial charge in [-0.05, 0) is 83.3 Å². The Balaban J connectivity index is 1.21. The molecule has 1 nitrogen and oxygen atoms in total. The van der Waals surface area contributed by atoms with E-state index < -0.39 is 0 Å². The quantitative estimate of drug-likeness (QED) is 0.209. The average molecular weight is 552 g/mol. The number of aromatic amines is 1. The molecule has 0 saturated heterocycles. The molecule has 0 radical (unpaired) electrons. The Bertz CT molecular complexity index is 2080. The topological polar surface area (TPSA) is 15.8 Å². The van der Waals surface area contributed by atoms with E-state index in [1.54, 1.807) is 0 Å². The van der Waals surface area contributed by atoms with Gasteiger partial charge in [0.1, 0.15) is 0 Å². The van der Waals surface area contributed by atoms with E-state index in [1.165, 1.54) is 54.5 Å². The molecule has 0 unspecified atom stereocenters. The first-order chi connectivity index (χ1) is 21.2. The van der Waals surface area contributed by atoms with Crippen LogP contribution in [0.25, 0.3) is 43.4 Å². The molecule has 0 saturated carbocycles. The molecule has 0 bridgehead atoms. The van der Waals surface area contributed by atoms with Crippen molar-refractivity contribution in [2.75, 3.05) is 0 Å². The van der Waals surface area contributed by atoms with Crippen LogP contribution in [0.4, 0.5) is 0 Å². The van der Waals surface area contributed by atoms with Gasteiger partial charge in [0.15, 0.2) is 0 Å². The summed E-state index contributed by atoms with van der Waals surface area (Å²) in [5.41, 5.74) is 9.22. The maximum atomic E-state index is 3.78. The van der Waals surface area contributed by atoms with Crippen molar-refractivity contribution >= 4 is 43.4 Å². The molecule has 7 aromatic rings. The fourth-order valence-corrected chi connectivity index (χ4v) is 6.03. The standard InChI is InChI=1S/C42H33N/c1-3-5-29-7-11-31(12-8-29)15-17-33-19-23-37-35(27-33)21-25-39-40-26-22-36-28-34(20-24-38(36)42(40)43-41(37)39)18-16-32-13-9-30(6-4-2)10-14-32/h7-14,19-28,43H,3-6H2,1-2H3. The van der Waals surface area contributed by atoms with E-state index in [0.717, 1.165) is 47.9 Å². The Hall–Kier alpha value is -5.24. The van der Waals surface area contributed by atoms with Gasteiger partial charge in [-0.2, -0.15) is 0 Å². The molecule has 0 atom stereocenters. The smallest absolute Gasteiger partial charge is 0.0544 e. The van der Waals surface area contributed by atoms with E-state index >= 15 is 0 Å². The third-order valence-electron chi connectivity index (χ3n) is 8.27. The van der Waals surface area contributed by atoms with Crippen LogP contribution in [0.2, 0.25) is 0 Å². The second kappa shape index (κ2) is 11.6. The number of aryl methyl sites for hydroxylation is 2. The molecule has 0 aliphatic rings. The first-order valence-corrected chi connectivity index (χ1v) is 15.3. The molecular weight excluding hydrogens is 518 g/mol. The van der Waals surface area contributed by atoms with Crippen LogP contribution in [0, 0.1) is 23.7 Å². The molecule has 0 spiro atoms. The van der Waals surface area contributed by atoms with Crippen molar-refractivity contribution in [1.82, 2.24) is 4.98 Å². The molecule has 6 aromatic carbocycles. The fraction of sp³-hybridized carbons (Fsp3) is 0.143. The lowest BCUT2D eigenvalue weighted by atomic mass is 10.0. The Morgan fingerprint density at radius 1 is 0.419 bits per heavy atom. The van der Waals surface area contributed by atoms with E-state index in [0.29, 0.717) is 0 Å². The van der Waals surface area contributed by atoms with Crippen LogP contribution in [-0.4, -0.2) is 4.98 Å². The molecule has 0 aliphatic carbocycles. The average Bonchev–Trinajstić information content (AvgIpc) is 3.44. The second-order valence-corrected chi connectivity index (χ2v) is 11.4.